The van der Waals surface area contributed by atoms with Crippen LogP contribution < -0.4 is 5.32 Å². The van der Waals surface area contributed by atoms with E-state index in [4.69, 9.17) is 27.9 Å². The number of carboxylic acid groups (broad SMARTS) is 2. The normalized spacial score (nSPS) is 21.0. The van der Waals surface area contributed by atoms with Crippen molar-refractivity contribution in [3.63, 3.8) is 0 Å². The number of rotatable bonds is 10. The number of hydrogen-bond donors (Lipinski definition) is 3. The van der Waals surface area contributed by atoms with Crippen LogP contribution in [-0.2, 0) is 35.1 Å². The fourth-order valence-electron chi connectivity index (χ4n) is 5.27. The Hall–Kier alpha value is -4.15. The number of carbonyl (C=O) groups is 5. The van der Waals surface area contributed by atoms with Crippen molar-refractivity contribution in [2.75, 3.05) is 7.11 Å². The lowest BCUT2D eigenvalue weighted by atomic mass is 9.56. The minimum absolute atomic E-state index is 0.0862. The Balaban J connectivity index is 1.60. The molecule has 2 unspecified atom stereocenters. The van der Waals surface area contributed by atoms with Gasteiger partial charge in [0.25, 0.3) is 0 Å². The van der Waals surface area contributed by atoms with Gasteiger partial charge in [0.15, 0.2) is 0 Å². The van der Waals surface area contributed by atoms with Crippen molar-refractivity contribution >= 4 is 63.8 Å². The third-order valence-electron chi connectivity index (χ3n) is 7.49. The number of ether oxygens (including phenoxy) is 2. The number of nitrogens with one attached hydrogen (secondary N) is 1. The Kier molecular flexibility index (Phi) is 9.38. The summed E-state index contributed by atoms with van der Waals surface area (Å²) in [5.74, 6) is -12.0. The quantitative estimate of drug-likeness (QED) is 0.284. The van der Waals surface area contributed by atoms with Crippen LogP contribution in [0.3, 0.4) is 0 Å². The number of methoxy groups -OCH3 is 1. The van der Waals surface area contributed by atoms with Crippen molar-refractivity contribution in [2.45, 2.75) is 25.5 Å². The molecule has 10 nitrogen and oxygen atoms in total. The van der Waals surface area contributed by atoms with Gasteiger partial charge in [0.05, 0.1) is 52.4 Å². The number of fused-ring (bicyclic) bond motifs is 1. The molecule has 1 aliphatic rings. The van der Waals surface area contributed by atoms with E-state index in [1.165, 1.54) is 0 Å². The van der Waals surface area contributed by atoms with Gasteiger partial charge in [-0.25, -0.2) is 4.79 Å². The van der Waals surface area contributed by atoms with E-state index in [0.717, 1.165) is 17.9 Å². The second kappa shape index (κ2) is 12.8. The van der Waals surface area contributed by atoms with E-state index >= 15 is 0 Å². The van der Waals surface area contributed by atoms with Gasteiger partial charge in [-0.15, -0.1) is 0 Å². The first-order valence-electron chi connectivity index (χ1n) is 12.9. The van der Waals surface area contributed by atoms with Gasteiger partial charge >= 0.3 is 23.9 Å². The summed E-state index contributed by atoms with van der Waals surface area (Å²) in [6.07, 6.45) is -0.900. The molecule has 220 valence electrons. The van der Waals surface area contributed by atoms with Crippen molar-refractivity contribution in [1.29, 1.82) is 0 Å². The first kappa shape index (κ1) is 30.8. The van der Waals surface area contributed by atoms with Crippen LogP contribution in [-0.4, -0.2) is 59.3 Å². The molecule has 0 radical (unpaired) electrons. The molecule has 1 amide bonds. The molecule has 0 heterocycles. The third-order valence-corrected chi connectivity index (χ3v) is 8.23. The Morgan fingerprint density at radius 2 is 1.48 bits per heavy atom. The van der Waals surface area contributed by atoms with Crippen LogP contribution in [0.15, 0.2) is 60.7 Å². The first-order valence-corrected chi connectivity index (χ1v) is 13.7. The maximum atomic E-state index is 13.4. The summed E-state index contributed by atoms with van der Waals surface area (Å²) in [4.78, 5) is 62.6. The van der Waals surface area contributed by atoms with E-state index in [0.29, 0.717) is 10.6 Å². The van der Waals surface area contributed by atoms with Crippen LogP contribution in [0.2, 0.25) is 10.0 Å². The van der Waals surface area contributed by atoms with Crippen molar-refractivity contribution < 1.29 is 43.7 Å². The van der Waals surface area contributed by atoms with Gasteiger partial charge in [-0.3, -0.25) is 19.2 Å². The van der Waals surface area contributed by atoms with Crippen LogP contribution in [0.25, 0.3) is 10.8 Å². The molecule has 4 rings (SSSR count). The number of hydrogen-bond acceptors (Lipinski definition) is 7. The molecule has 3 aromatic rings. The van der Waals surface area contributed by atoms with Crippen LogP contribution in [0, 0.1) is 23.7 Å². The second-order valence-corrected chi connectivity index (χ2v) is 10.9. The largest absolute Gasteiger partial charge is 0.481 e. The molecule has 0 spiro atoms. The molecular formula is C30H27Cl2NO9. The fourth-order valence-corrected chi connectivity index (χ4v) is 5.59. The Labute approximate surface area is 250 Å². The van der Waals surface area contributed by atoms with Crippen LogP contribution in [0.5, 0.6) is 0 Å². The molecule has 1 fully saturated rings. The number of esters is 2. The molecule has 42 heavy (non-hydrogen) atoms. The number of amides is 1. The predicted octanol–water partition coefficient (Wildman–Crippen LogP) is 4.24. The minimum Gasteiger partial charge on any atom is -0.481 e. The highest BCUT2D eigenvalue weighted by Crippen LogP contribution is 2.47. The highest BCUT2D eigenvalue weighted by atomic mass is 35.5. The summed E-state index contributed by atoms with van der Waals surface area (Å²) >= 11 is 12.2. The Bertz CT molecular complexity index is 1560. The summed E-state index contributed by atoms with van der Waals surface area (Å²) in [6, 6.07) is 16.5. The zero-order chi connectivity index (χ0) is 30.7. The number of aliphatic carboxylic acids is 2. The molecule has 0 aromatic heterocycles. The monoisotopic (exact) mass is 615 g/mol. The van der Waals surface area contributed by atoms with E-state index in [1.54, 1.807) is 43.3 Å². The lowest BCUT2D eigenvalue weighted by molar-refractivity contribution is -0.188. The molecule has 12 heteroatoms. The van der Waals surface area contributed by atoms with E-state index in [2.05, 4.69) is 10.1 Å². The Morgan fingerprint density at radius 3 is 2.10 bits per heavy atom. The van der Waals surface area contributed by atoms with Gasteiger partial charge < -0.3 is 25.0 Å². The predicted molar refractivity (Wildman–Crippen MR) is 152 cm³/mol. The van der Waals surface area contributed by atoms with E-state index < -0.39 is 65.6 Å². The van der Waals surface area contributed by atoms with Crippen molar-refractivity contribution in [2.24, 2.45) is 23.7 Å². The van der Waals surface area contributed by atoms with Gasteiger partial charge in [-0.05, 0) is 47.5 Å². The van der Waals surface area contributed by atoms with E-state index in [1.807, 2.05) is 24.3 Å². The lowest BCUT2D eigenvalue weighted by Gasteiger charge is -2.45. The zero-order valence-corrected chi connectivity index (χ0v) is 24.0. The van der Waals surface area contributed by atoms with Crippen LogP contribution in [0.1, 0.15) is 22.8 Å². The second-order valence-electron chi connectivity index (χ2n) is 10.1. The zero-order valence-electron chi connectivity index (χ0n) is 22.5. The summed E-state index contributed by atoms with van der Waals surface area (Å²) < 4.78 is 10.5. The average Bonchev–Trinajstić information content (AvgIpc) is 2.93. The first-order chi connectivity index (χ1) is 19.9. The van der Waals surface area contributed by atoms with Gasteiger partial charge in [-0.2, -0.15) is 0 Å². The molecule has 0 aliphatic heterocycles. The third kappa shape index (κ3) is 6.34. The van der Waals surface area contributed by atoms with Gasteiger partial charge in [0.1, 0.15) is 6.10 Å². The average molecular weight is 616 g/mol. The molecular weight excluding hydrogens is 589 g/mol. The summed E-state index contributed by atoms with van der Waals surface area (Å²) in [5.41, 5.74) is 0.901. The Morgan fingerprint density at radius 1 is 0.833 bits per heavy atom. The standard InChI is InChI=1S/C30H27Cl2NO9/c1-14(33-26(34)22-23(27(35)36)24(28(37)38)25(22)30(40)41-2)21(12-15-7-10-19(31)20(32)11-15)42-29(39)18-9-8-16-5-3-4-6-17(16)13-18/h3-11,13-14,21-25H,12H2,1-2H3,(H,33,34)(H,35,36)(H,37,38)/t14?,21?,22-,23+,24-,25-/m0/s1. The smallest absolute Gasteiger partial charge is 0.338 e. The number of carbonyl (C=O) groups excluding carboxylic acids is 3. The van der Waals surface area contributed by atoms with Crippen molar-refractivity contribution in [3.05, 3.63) is 81.8 Å². The molecule has 1 aliphatic carbocycles. The SMILES string of the molecule is COC(=O)[C@@H]1[C@@H](C(=O)O)[C@H](C(=O)O)[C@@H]1C(=O)NC(C)C(Cc1ccc(Cl)c(Cl)c1)OC(=O)c1ccc2ccccc2c1. The molecule has 6 atom stereocenters. The fraction of sp³-hybridized carbons (Fsp3) is 0.300. The molecule has 1 saturated carbocycles. The minimum atomic E-state index is -1.66. The van der Waals surface area contributed by atoms with Gasteiger partial charge in [0.2, 0.25) is 5.91 Å². The number of benzene rings is 3. The summed E-state index contributed by atoms with van der Waals surface area (Å²) in [5, 5.41) is 24.2. The molecule has 3 aromatic carbocycles. The van der Waals surface area contributed by atoms with Gasteiger partial charge in [-0.1, -0.05) is 59.6 Å². The number of halogens is 2. The van der Waals surface area contributed by atoms with Gasteiger partial charge in [0, 0.05) is 6.42 Å². The highest BCUT2D eigenvalue weighted by Gasteiger charge is 2.64. The van der Waals surface area contributed by atoms with Crippen LogP contribution >= 0.6 is 23.2 Å². The number of carboxylic acids is 2. The van der Waals surface area contributed by atoms with Crippen LogP contribution in [0.4, 0.5) is 0 Å². The van der Waals surface area contributed by atoms with Crippen molar-refractivity contribution in [1.82, 2.24) is 5.32 Å². The lowest BCUT2D eigenvalue weighted by Crippen LogP contribution is -2.63. The summed E-state index contributed by atoms with van der Waals surface area (Å²) in [7, 11) is 1.02. The van der Waals surface area contributed by atoms with E-state index in [9.17, 15) is 34.2 Å². The topological polar surface area (TPSA) is 156 Å². The van der Waals surface area contributed by atoms with Crippen molar-refractivity contribution in [3.8, 4) is 0 Å². The molecule has 0 bridgehead atoms. The maximum absolute atomic E-state index is 13.4. The molecule has 0 saturated heterocycles. The maximum Gasteiger partial charge on any atom is 0.338 e. The molecule has 3 N–H and O–H groups in total. The van der Waals surface area contributed by atoms with E-state index in [-0.39, 0.29) is 17.0 Å². The summed E-state index contributed by atoms with van der Waals surface area (Å²) in [6.45, 7) is 1.55. The highest BCUT2D eigenvalue weighted by molar-refractivity contribution is 6.42.